The molecule has 0 spiro atoms. The Kier molecular flexibility index (Phi) is 7.00. The maximum Gasteiger partial charge on any atom is 0.270 e. The first kappa shape index (κ1) is 20.1. The minimum absolute atomic E-state index is 0.253. The van der Waals surface area contributed by atoms with Gasteiger partial charge in [-0.05, 0) is 55.3 Å². The molecule has 0 saturated heterocycles. The van der Waals surface area contributed by atoms with E-state index in [1.54, 1.807) is 19.4 Å². The molecule has 2 N–H and O–H groups in total. The molecule has 0 aliphatic rings. The van der Waals surface area contributed by atoms with Crippen molar-refractivity contribution < 1.29 is 14.3 Å². The molecule has 29 heavy (non-hydrogen) atoms. The number of hydrogen-bond donors (Lipinski definition) is 2. The number of hydrogen-bond acceptors (Lipinski definition) is 6. The van der Waals surface area contributed by atoms with E-state index in [-0.39, 0.29) is 5.91 Å². The Morgan fingerprint density at radius 1 is 1.07 bits per heavy atom. The smallest absolute Gasteiger partial charge is 0.270 e. The van der Waals surface area contributed by atoms with Crippen molar-refractivity contribution in [1.29, 1.82) is 0 Å². The van der Waals surface area contributed by atoms with Crippen LogP contribution >= 0.6 is 0 Å². The fourth-order valence-electron chi connectivity index (χ4n) is 2.79. The average Bonchev–Trinajstić information content (AvgIpc) is 2.76. The first-order valence-corrected chi connectivity index (χ1v) is 9.42. The minimum atomic E-state index is -0.253. The zero-order chi connectivity index (χ0) is 20.5. The third-order valence-corrected chi connectivity index (χ3v) is 4.18. The molecule has 150 valence electrons. The maximum absolute atomic E-state index is 12.4. The number of para-hydroxylation sites is 1. The van der Waals surface area contributed by atoms with Crippen LogP contribution in [0.3, 0.4) is 0 Å². The standard InChI is InChI=1S/C22H24N4O3/c1-3-29-18-10-8-17(9-11-18)25-22-24-15-13-19(26-22)21(27)23-14-12-16-6-4-5-7-20(16)28-2/h4-11,13,15H,3,12,14H2,1-2H3,(H,23,27)(H,24,25,26). The molecule has 2 aromatic carbocycles. The molecule has 7 heteroatoms. The number of methoxy groups -OCH3 is 1. The van der Waals surface area contributed by atoms with Gasteiger partial charge >= 0.3 is 0 Å². The maximum atomic E-state index is 12.4. The van der Waals surface area contributed by atoms with Crippen molar-refractivity contribution >= 4 is 17.5 Å². The monoisotopic (exact) mass is 392 g/mol. The van der Waals surface area contributed by atoms with Gasteiger partial charge in [0.05, 0.1) is 13.7 Å². The number of carbonyl (C=O) groups is 1. The summed E-state index contributed by atoms with van der Waals surface area (Å²) in [6.07, 6.45) is 2.22. The largest absolute Gasteiger partial charge is 0.496 e. The van der Waals surface area contributed by atoms with Crippen LogP contribution in [-0.4, -0.2) is 36.1 Å². The molecule has 1 heterocycles. The van der Waals surface area contributed by atoms with Crippen LogP contribution in [0.2, 0.25) is 0 Å². The summed E-state index contributed by atoms with van der Waals surface area (Å²) in [7, 11) is 1.64. The highest BCUT2D eigenvalue weighted by atomic mass is 16.5. The molecule has 3 rings (SSSR count). The number of amides is 1. The topological polar surface area (TPSA) is 85.4 Å². The Hall–Kier alpha value is -3.61. The van der Waals surface area contributed by atoms with Gasteiger partial charge in [0, 0.05) is 18.4 Å². The fraction of sp³-hybridized carbons (Fsp3) is 0.227. The van der Waals surface area contributed by atoms with Gasteiger partial charge in [0.15, 0.2) is 0 Å². The normalized spacial score (nSPS) is 10.3. The number of carbonyl (C=O) groups excluding carboxylic acids is 1. The highest BCUT2D eigenvalue weighted by molar-refractivity contribution is 5.92. The summed E-state index contributed by atoms with van der Waals surface area (Å²) in [5.41, 5.74) is 2.14. The highest BCUT2D eigenvalue weighted by Gasteiger charge is 2.09. The molecule has 3 aromatic rings. The first-order valence-electron chi connectivity index (χ1n) is 9.42. The van der Waals surface area contributed by atoms with E-state index in [2.05, 4.69) is 20.6 Å². The fourth-order valence-corrected chi connectivity index (χ4v) is 2.79. The van der Waals surface area contributed by atoms with Crippen LogP contribution in [0, 0.1) is 0 Å². The van der Waals surface area contributed by atoms with Crippen molar-refractivity contribution in [1.82, 2.24) is 15.3 Å². The SMILES string of the molecule is CCOc1ccc(Nc2nccc(C(=O)NCCc3ccccc3OC)n2)cc1. The zero-order valence-electron chi connectivity index (χ0n) is 16.5. The Morgan fingerprint density at radius 2 is 1.86 bits per heavy atom. The second-order valence-corrected chi connectivity index (χ2v) is 6.17. The van der Waals surface area contributed by atoms with E-state index in [4.69, 9.17) is 9.47 Å². The van der Waals surface area contributed by atoms with Crippen molar-refractivity contribution in [3.05, 3.63) is 72.1 Å². The second kappa shape index (κ2) is 10.1. The van der Waals surface area contributed by atoms with Gasteiger partial charge in [-0.15, -0.1) is 0 Å². The van der Waals surface area contributed by atoms with Crippen molar-refractivity contribution in [3.63, 3.8) is 0 Å². The lowest BCUT2D eigenvalue weighted by Crippen LogP contribution is -2.26. The van der Waals surface area contributed by atoms with E-state index in [1.807, 2.05) is 55.5 Å². The average molecular weight is 392 g/mol. The van der Waals surface area contributed by atoms with Crippen LogP contribution in [0.1, 0.15) is 23.0 Å². The van der Waals surface area contributed by atoms with Crippen LogP contribution in [0.5, 0.6) is 11.5 Å². The number of aromatic nitrogens is 2. The van der Waals surface area contributed by atoms with Crippen molar-refractivity contribution in [3.8, 4) is 11.5 Å². The molecular formula is C22H24N4O3. The van der Waals surface area contributed by atoms with E-state index < -0.39 is 0 Å². The van der Waals surface area contributed by atoms with Gasteiger partial charge in [-0.2, -0.15) is 0 Å². The lowest BCUT2D eigenvalue weighted by molar-refractivity contribution is 0.0949. The molecule has 0 aliphatic heterocycles. The lowest BCUT2D eigenvalue weighted by atomic mass is 10.1. The summed E-state index contributed by atoms with van der Waals surface area (Å²) in [6.45, 7) is 3.03. The quantitative estimate of drug-likeness (QED) is 0.579. The van der Waals surface area contributed by atoms with Gasteiger partial charge < -0.3 is 20.1 Å². The second-order valence-electron chi connectivity index (χ2n) is 6.17. The molecule has 0 aliphatic carbocycles. The number of benzene rings is 2. The van der Waals surface area contributed by atoms with Crippen LogP contribution < -0.4 is 20.1 Å². The van der Waals surface area contributed by atoms with Gasteiger partial charge in [0.1, 0.15) is 17.2 Å². The third kappa shape index (κ3) is 5.68. The Morgan fingerprint density at radius 3 is 2.62 bits per heavy atom. The number of rotatable bonds is 9. The molecular weight excluding hydrogens is 368 g/mol. The molecule has 0 unspecified atom stereocenters. The molecule has 0 saturated carbocycles. The van der Waals surface area contributed by atoms with Crippen molar-refractivity contribution in [2.75, 3.05) is 25.6 Å². The molecule has 0 fully saturated rings. The first-order chi connectivity index (χ1) is 14.2. The van der Waals surface area contributed by atoms with Gasteiger partial charge in [0.25, 0.3) is 5.91 Å². The molecule has 0 bridgehead atoms. The summed E-state index contributed by atoms with van der Waals surface area (Å²) in [6, 6.07) is 16.8. The summed E-state index contributed by atoms with van der Waals surface area (Å²) in [5.74, 6) is 1.70. The molecule has 1 aromatic heterocycles. The third-order valence-electron chi connectivity index (χ3n) is 4.18. The summed E-state index contributed by atoms with van der Waals surface area (Å²) < 4.78 is 10.8. The molecule has 1 amide bonds. The summed E-state index contributed by atoms with van der Waals surface area (Å²) >= 11 is 0. The lowest BCUT2D eigenvalue weighted by Gasteiger charge is -2.10. The van der Waals surface area contributed by atoms with Crippen LogP contribution in [-0.2, 0) is 6.42 Å². The van der Waals surface area contributed by atoms with Crippen molar-refractivity contribution in [2.45, 2.75) is 13.3 Å². The van der Waals surface area contributed by atoms with Gasteiger partial charge in [0.2, 0.25) is 5.95 Å². The van der Waals surface area contributed by atoms with Crippen LogP contribution in [0.15, 0.2) is 60.8 Å². The minimum Gasteiger partial charge on any atom is -0.496 e. The van der Waals surface area contributed by atoms with Crippen LogP contribution in [0.25, 0.3) is 0 Å². The van der Waals surface area contributed by atoms with E-state index in [0.717, 1.165) is 22.7 Å². The Balaban J connectivity index is 1.57. The van der Waals surface area contributed by atoms with E-state index in [1.165, 1.54) is 0 Å². The van der Waals surface area contributed by atoms with Gasteiger partial charge in [-0.3, -0.25) is 4.79 Å². The molecule has 7 nitrogen and oxygen atoms in total. The van der Waals surface area contributed by atoms with Crippen LogP contribution in [0.4, 0.5) is 11.6 Å². The number of nitrogens with one attached hydrogen (secondary N) is 2. The van der Waals surface area contributed by atoms with Gasteiger partial charge in [-0.25, -0.2) is 9.97 Å². The predicted molar refractivity (Wildman–Crippen MR) is 112 cm³/mol. The zero-order valence-corrected chi connectivity index (χ0v) is 16.5. The Bertz CT molecular complexity index is 945. The Labute approximate surface area is 170 Å². The van der Waals surface area contributed by atoms with E-state index >= 15 is 0 Å². The molecule has 0 radical (unpaired) electrons. The molecule has 0 atom stereocenters. The van der Waals surface area contributed by atoms with Crippen molar-refractivity contribution in [2.24, 2.45) is 0 Å². The number of ether oxygens (including phenoxy) is 2. The predicted octanol–water partition coefficient (Wildman–Crippen LogP) is 3.60. The number of nitrogens with zero attached hydrogens (tertiary/aromatic N) is 2. The summed E-state index contributed by atoms with van der Waals surface area (Å²) in [4.78, 5) is 20.9. The summed E-state index contributed by atoms with van der Waals surface area (Å²) in [5, 5.41) is 5.97. The van der Waals surface area contributed by atoms with Gasteiger partial charge in [-0.1, -0.05) is 18.2 Å². The van der Waals surface area contributed by atoms with E-state index in [0.29, 0.717) is 31.2 Å². The van der Waals surface area contributed by atoms with E-state index in [9.17, 15) is 4.79 Å². The number of anilines is 2. The highest BCUT2D eigenvalue weighted by Crippen LogP contribution is 2.19.